The second-order valence-electron chi connectivity index (χ2n) is 4.48. The molecule has 0 bridgehead atoms. The molecule has 1 aromatic carbocycles. The summed E-state index contributed by atoms with van der Waals surface area (Å²) in [4.78, 5) is 0. The fourth-order valence-corrected chi connectivity index (χ4v) is 1.97. The molecule has 0 amide bonds. The average Bonchev–Trinajstić information content (AvgIpc) is 2.75. The van der Waals surface area contributed by atoms with E-state index in [1.54, 1.807) is 0 Å². The molecule has 1 atom stereocenters. The van der Waals surface area contributed by atoms with Gasteiger partial charge in [0.1, 0.15) is 0 Å². The maximum Gasteiger partial charge on any atom is 0.0537 e. The van der Waals surface area contributed by atoms with Gasteiger partial charge in [0.25, 0.3) is 0 Å². The Morgan fingerprint density at radius 3 is 2.53 bits per heavy atom. The zero-order chi connectivity index (χ0) is 12.3. The summed E-state index contributed by atoms with van der Waals surface area (Å²) in [5.41, 5.74) is 3.88. The summed E-state index contributed by atoms with van der Waals surface area (Å²) >= 11 is 0. The summed E-state index contributed by atoms with van der Waals surface area (Å²) in [5, 5.41) is 7.56. The lowest BCUT2D eigenvalue weighted by Gasteiger charge is -2.14. The normalized spacial score (nSPS) is 12.6. The molecule has 0 aliphatic carbocycles. The van der Waals surface area contributed by atoms with Crippen molar-refractivity contribution in [3.8, 4) is 0 Å². The van der Waals surface area contributed by atoms with Crippen LogP contribution in [0.1, 0.15) is 22.7 Å². The van der Waals surface area contributed by atoms with E-state index in [1.807, 2.05) is 25.0 Å². The number of hydrogen-bond donors (Lipinski definition) is 1. The maximum absolute atomic E-state index is 4.22. The first-order valence-electron chi connectivity index (χ1n) is 5.90. The summed E-state index contributed by atoms with van der Waals surface area (Å²) in [6, 6.07) is 9.02. The minimum atomic E-state index is 0.325. The van der Waals surface area contributed by atoms with Gasteiger partial charge in [0.15, 0.2) is 0 Å². The summed E-state index contributed by atoms with van der Waals surface area (Å²) < 4.78 is 1.84. The lowest BCUT2D eigenvalue weighted by Crippen LogP contribution is -2.18. The van der Waals surface area contributed by atoms with Crippen molar-refractivity contribution in [3.05, 3.63) is 53.3 Å². The monoisotopic (exact) mass is 229 g/mol. The van der Waals surface area contributed by atoms with Crippen LogP contribution >= 0.6 is 0 Å². The average molecular weight is 229 g/mol. The standard InChI is InChI=1S/C14H19N3/c1-11-4-6-12(7-5-11)8-14(15-2)13-9-16-17(3)10-13/h4-7,9-10,14-15H,8H2,1-3H3. The molecule has 3 heteroatoms. The zero-order valence-electron chi connectivity index (χ0n) is 10.6. The summed E-state index contributed by atoms with van der Waals surface area (Å²) in [7, 11) is 3.94. The molecule has 0 saturated heterocycles. The minimum Gasteiger partial charge on any atom is -0.313 e. The lowest BCUT2D eigenvalue weighted by atomic mass is 10.0. The first-order valence-corrected chi connectivity index (χ1v) is 5.90. The van der Waals surface area contributed by atoms with E-state index in [0.29, 0.717) is 6.04 Å². The summed E-state index contributed by atoms with van der Waals surface area (Å²) in [6.07, 6.45) is 4.98. The molecule has 0 spiro atoms. The van der Waals surface area contributed by atoms with Crippen LogP contribution in [0.2, 0.25) is 0 Å². The van der Waals surface area contributed by atoms with Crippen molar-refractivity contribution in [3.63, 3.8) is 0 Å². The molecular formula is C14H19N3. The van der Waals surface area contributed by atoms with Gasteiger partial charge in [-0.1, -0.05) is 29.8 Å². The maximum atomic E-state index is 4.22. The van der Waals surface area contributed by atoms with E-state index in [9.17, 15) is 0 Å². The van der Waals surface area contributed by atoms with E-state index in [2.05, 4.69) is 47.8 Å². The van der Waals surface area contributed by atoms with Gasteiger partial charge in [0.2, 0.25) is 0 Å². The van der Waals surface area contributed by atoms with Crippen molar-refractivity contribution >= 4 is 0 Å². The number of aryl methyl sites for hydroxylation is 2. The third-order valence-electron chi connectivity index (χ3n) is 3.04. The Kier molecular flexibility index (Phi) is 3.59. The molecular weight excluding hydrogens is 210 g/mol. The van der Waals surface area contributed by atoms with Gasteiger partial charge >= 0.3 is 0 Å². The van der Waals surface area contributed by atoms with E-state index < -0.39 is 0 Å². The van der Waals surface area contributed by atoms with Gasteiger partial charge in [-0.05, 0) is 26.0 Å². The number of likely N-dealkylation sites (N-methyl/N-ethyl adjacent to an activating group) is 1. The van der Waals surface area contributed by atoms with Crippen molar-refractivity contribution < 1.29 is 0 Å². The highest BCUT2D eigenvalue weighted by Gasteiger charge is 2.11. The number of hydrogen-bond acceptors (Lipinski definition) is 2. The number of rotatable bonds is 4. The molecule has 0 saturated carbocycles. The molecule has 2 rings (SSSR count). The molecule has 1 unspecified atom stereocenters. The Morgan fingerprint density at radius 1 is 1.29 bits per heavy atom. The van der Waals surface area contributed by atoms with Gasteiger partial charge in [-0.2, -0.15) is 5.10 Å². The first-order chi connectivity index (χ1) is 8.19. The van der Waals surface area contributed by atoms with Crippen molar-refractivity contribution in [2.45, 2.75) is 19.4 Å². The summed E-state index contributed by atoms with van der Waals surface area (Å²) in [5.74, 6) is 0. The molecule has 0 aliphatic heterocycles. The zero-order valence-corrected chi connectivity index (χ0v) is 10.6. The van der Waals surface area contributed by atoms with Crippen molar-refractivity contribution in [1.29, 1.82) is 0 Å². The van der Waals surface area contributed by atoms with Crippen LogP contribution in [0, 0.1) is 6.92 Å². The molecule has 3 nitrogen and oxygen atoms in total. The van der Waals surface area contributed by atoms with Gasteiger partial charge in [0.05, 0.1) is 6.20 Å². The molecule has 1 heterocycles. The van der Waals surface area contributed by atoms with E-state index >= 15 is 0 Å². The molecule has 0 fully saturated rings. The number of nitrogens with one attached hydrogen (secondary N) is 1. The highest BCUT2D eigenvalue weighted by molar-refractivity contribution is 5.24. The van der Waals surface area contributed by atoms with Crippen LogP contribution in [0.15, 0.2) is 36.7 Å². The van der Waals surface area contributed by atoms with E-state index in [4.69, 9.17) is 0 Å². The fraction of sp³-hybridized carbons (Fsp3) is 0.357. The summed E-state index contributed by atoms with van der Waals surface area (Å²) in [6.45, 7) is 2.11. The highest BCUT2D eigenvalue weighted by atomic mass is 15.2. The second kappa shape index (κ2) is 5.15. The van der Waals surface area contributed by atoms with Crippen molar-refractivity contribution in [2.75, 3.05) is 7.05 Å². The van der Waals surface area contributed by atoms with Crippen LogP contribution in [0.3, 0.4) is 0 Å². The van der Waals surface area contributed by atoms with E-state index in [1.165, 1.54) is 16.7 Å². The molecule has 0 radical (unpaired) electrons. The quantitative estimate of drug-likeness (QED) is 0.871. The third kappa shape index (κ3) is 2.94. The Labute approximate surface area is 102 Å². The number of nitrogens with zero attached hydrogens (tertiary/aromatic N) is 2. The first kappa shape index (κ1) is 11.9. The van der Waals surface area contributed by atoms with Gasteiger partial charge < -0.3 is 5.32 Å². The van der Waals surface area contributed by atoms with E-state index in [-0.39, 0.29) is 0 Å². The Hall–Kier alpha value is -1.61. The van der Waals surface area contributed by atoms with Crippen molar-refractivity contribution in [2.24, 2.45) is 7.05 Å². The Balaban J connectivity index is 2.12. The number of benzene rings is 1. The molecule has 1 N–H and O–H groups in total. The molecule has 90 valence electrons. The van der Waals surface area contributed by atoms with E-state index in [0.717, 1.165) is 6.42 Å². The number of aromatic nitrogens is 2. The van der Waals surface area contributed by atoms with Crippen LogP contribution < -0.4 is 5.32 Å². The largest absolute Gasteiger partial charge is 0.313 e. The van der Waals surface area contributed by atoms with Crippen molar-refractivity contribution in [1.82, 2.24) is 15.1 Å². The molecule has 0 aliphatic rings. The van der Waals surface area contributed by atoms with Crippen LogP contribution in [0.4, 0.5) is 0 Å². The predicted octanol–water partition coefficient (Wildman–Crippen LogP) is 2.23. The van der Waals surface area contributed by atoms with Crippen LogP contribution in [-0.4, -0.2) is 16.8 Å². The molecule has 17 heavy (non-hydrogen) atoms. The van der Waals surface area contributed by atoms with Gasteiger partial charge in [-0.25, -0.2) is 0 Å². The lowest BCUT2D eigenvalue weighted by molar-refractivity contribution is 0.591. The van der Waals surface area contributed by atoms with Gasteiger partial charge in [0, 0.05) is 24.8 Å². The SMILES string of the molecule is CNC(Cc1ccc(C)cc1)c1cnn(C)c1. The molecule has 2 aromatic rings. The smallest absolute Gasteiger partial charge is 0.0537 e. The third-order valence-corrected chi connectivity index (χ3v) is 3.04. The minimum absolute atomic E-state index is 0.325. The Morgan fingerprint density at radius 2 is 2.00 bits per heavy atom. The van der Waals surface area contributed by atoms with Gasteiger partial charge in [-0.3, -0.25) is 4.68 Å². The van der Waals surface area contributed by atoms with Crippen LogP contribution in [-0.2, 0) is 13.5 Å². The highest BCUT2D eigenvalue weighted by Crippen LogP contribution is 2.17. The van der Waals surface area contributed by atoms with Crippen LogP contribution in [0.5, 0.6) is 0 Å². The predicted molar refractivity (Wildman–Crippen MR) is 69.9 cm³/mol. The van der Waals surface area contributed by atoms with Crippen LogP contribution in [0.25, 0.3) is 0 Å². The fourth-order valence-electron chi connectivity index (χ4n) is 1.97. The Bertz CT molecular complexity index is 470. The van der Waals surface area contributed by atoms with Gasteiger partial charge in [-0.15, -0.1) is 0 Å². The molecule has 1 aromatic heterocycles. The topological polar surface area (TPSA) is 29.9 Å². The second-order valence-corrected chi connectivity index (χ2v) is 4.48.